The molecule has 0 spiro atoms. The van der Waals surface area contributed by atoms with Gasteiger partial charge >= 0.3 is 6.09 Å². The van der Waals surface area contributed by atoms with E-state index in [9.17, 15) is 4.79 Å². The summed E-state index contributed by atoms with van der Waals surface area (Å²) in [5.41, 5.74) is 3.03. The number of carbonyl (C=O) groups excluding carboxylic acids is 1. The molecule has 0 saturated carbocycles. The summed E-state index contributed by atoms with van der Waals surface area (Å²) in [6, 6.07) is 9.94. The molecule has 2 aromatic heterocycles. The Balaban J connectivity index is 2.02. The van der Waals surface area contributed by atoms with Crippen molar-refractivity contribution in [3.8, 4) is 11.4 Å². The van der Waals surface area contributed by atoms with Gasteiger partial charge in [0, 0.05) is 11.8 Å². The third-order valence-corrected chi connectivity index (χ3v) is 3.85. The lowest BCUT2D eigenvalue weighted by atomic mass is 9.97. The minimum atomic E-state index is -0.551. The van der Waals surface area contributed by atoms with Crippen LogP contribution in [0.3, 0.4) is 0 Å². The zero-order chi connectivity index (χ0) is 18.2. The summed E-state index contributed by atoms with van der Waals surface area (Å²) >= 11 is 0. The number of fused-ring (bicyclic) bond motifs is 1. The molecule has 3 rings (SSSR count). The summed E-state index contributed by atoms with van der Waals surface area (Å²) in [5, 5.41) is 0. The fourth-order valence-corrected chi connectivity index (χ4v) is 2.73. The van der Waals surface area contributed by atoms with E-state index in [2.05, 4.69) is 29.9 Å². The first-order valence-corrected chi connectivity index (χ1v) is 8.43. The van der Waals surface area contributed by atoms with E-state index in [1.54, 1.807) is 12.4 Å². The molecule has 0 saturated heterocycles. The van der Waals surface area contributed by atoms with Gasteiger partial charge in [-0.3, -0.25) is 0 Å². The molecule has 130 valence electrons. The van der Waals surface area contributed by atoms with Crippen LogP contribution < -0.4 is 0 Å². The van der Waals surface area contributed by atoms with Gasteiger partial charge in [0.1, 0.15) is 5.60 Å². The van der Waals surface area contributed by atoms with Gasteiger partial charge in [-0.05, 0) is 38.3 Å². The molecule has 0 bridgehead atoms. The van der Waals surface area contributed by atoms with E-state index in [1.807, 2.05) is 45.0 Å². The predicted molar refractivity (Wildman–Crippen MR) is 98.7 cm³/mol. The van der Waals surface area contributed by atoms with Gasteiger partial charge in [-0.25, -0.2) is 19.3 Å². The number of nitrogens with zero attached hydrogens (tertiary/aromatic N) is 3. The zero-order valence-corrected chi connectivity index (χ0v) is 15.3. The van der Waals surface area contributed by atoms with Crippen LogP contribution in [0.4, 0.5) is 4.79 Å². The Morgan fingerprint density at radius 1 is 1.16 bits per heavy atom. The lowest BCUT2D eigenvalue weighted by Crippen LogP contribution is -2.26. The van der Waals surface area contributed by atoms with Crippen molar-refractivity contribution in [2.45, 2.75) is 46.1 Å². The Bertz CT molecular complexity index is 920. The second-order valence-corrected chi connectivity index (χ2v) is 7.37. The van der Waals surface area contributed by atoms with Gasteiger partial charge in [-0.15, -0.1) is 0 Å². The maximum atomic E-state index is 12.3. The Labute approximate surface area is 147 Å². The monoisotopic (exact) mass is 337 g/mol. The highest BCUT2D eigenvalue weighted by atomic mass is 16.6. The highest BCUT2D eigenvalue weighted by Gasteiger charge is 2.20. The van der Waals surface area contributed by atoms with Gasteiger partial charge < -0.3 is 4.74 Å². The first kappa shape index (κ1) is 17.1. The molecule has 0 aliphatic rings. The van der Waals surface area contributed by atoms with Crippen LogP contribution in [-0.4, -0.2) is 26.2 Å². The molecule has 2 heterocycles. The van der Waals surface area contributed by atoms with Crippen LogP contribution in [0, 0.1) is 0 Å². The Morgan fingerprint density at radius 2 is 1.88 bits per heavy atom. The molecule has 5 nitrogen and oxygen atoms in total. The van der Waals surface area contributed by atoms with E-state index in [0.29, 0.717) is 17.3 Å². The standard InChI is InChI=1S/C20H23N3O2/c1-13(2)14-8-6-7-9-15(14)18-21-12-17-16(22-18)10-11-23(17)19(24)25-20(3,4)5/h6-13H,1-5H3. The van der Waals surface area contributed by atoms with E-state index >= 15 is 0 Å². The van der Waals surface area contributed by atoms with Crippen molar-refractivity contribution < 1.29 is 9.53 Å². The van der Waals surface area contributed by atoms with Crippen molar-refractivity contribution in [1.29, 1.82) is 0 Å². The van der Waals surface area contributed by atoms with Crippen LogP contribution >= 0.6 is 0 Å². The summed E-state index contributed by atoms with van der Waals surface area (Å²) in [4.78, 5) is 21.5. The summed E-state index contributed by atoms with van der Waals surface area (Å²) in [7, 11) is 0. The van der Waals surface area contributed by atoms with Crippen LogP contribution in [0.5, 0.6) is 0 Å². The minimum Gasteiger partial charge on any atom is -0.443 e. The number of aromatic nitrogens is 3. The normalized spacial score (nSPS) is 11.9. The molecule has 3 aromatic rings. The Kier molecular flexibility index (Phi) is 4.33. The van der Waals surface area contributed by atoms with E-state index in [4.69, 9.17) is 4.74 Å². The van der Waals surface area contributed by atoms with Gasteiger partial charge in [0.15, 0.2) is 5.82 Å². The van der Waals surface area contributed by atoms with E-state index in [-0.39, 0.29) is 0 Å². The number of rotatable bonds is 2. The summed E-state index contributed by atoms with van der Waals surface area (Å²) < 4.78 is 6.87. The highest BCUT2D eigenvalue weighted by Crippen LogP contribution is 2.28. The maximum Gasteiger partial charge on any atom is 0.419 e. The summed E-state index contributed by atoms with van der Waals surface area (Å²) in [6.07, 6.45) is 2.92. The van der Waals surface area contributed by atoms with E-state index in [0.717, 1.165) is 11.1 Å². The van der Waals surface area contributed by atoms with Crippen molar-refractivity contribution in [2.75, 3.05) is 0 Å². The van der Waals surface area contributed by atoms with E-state index < -0.39 is 11.7 Å². The minimum absolute atomic E-state index is 0.377. The quantitative estimate of drug-likeness (QED) is 0.660. The lowest BCUT2D eigenvalue weighted by Gasteiger charge is -2.19. The number of benzene rings is 1. The molecule has 0 unspecified atom stereocenters. The second-order valence-electron chi connectivity index (χ2n) is 7.37. The second kappa shape index (κ2) is 6.31. The first-order chi connectivity index (χ1) is 11.8. The van der Waals surface area contributed by atoms with Crippen LogP contribution in [0.2, 0.25) is 0 Å². The van der Waals surface area contributed by atoms with Crippen molar-refractivity contribution in [1.82, 2.24) is 14.5 Å². The molecule has 0 N–H and O–H groups in total. The molecule has 0 aliphatic heterocycles. The molecular formula is C20H23N3O2. The van der Waals surface area contributed by atoms with E-state index in [1.165, 1.54) is 10.1 Å². The number of ether oxygens (including phenoxy) is 1. The molecule has 0 fully saturated rings. The van der Waals surface area contributed by atoms with Gasteiger partial charge in [0.25, 0.3) is 0 Å². The van der Waals surface area contributed by atoms with Crippen LogP contribution in [0.1, 0.15) is 46.1 Å². The van der Waals surface area contributed by atoms with Gasteiger partial charge in [-0.1, -0.05) is 38.1 Å². The fraction of sp³-hybridized carbons (Fsp3) is 0.350. The Morgan fingerprint density at radius 3 is 2.56 bits per heavy atom. The van der Waals surface area contributed by atoms with Crippen molar-refractivity contribution in [2.24, 2.45) is 0 Å². The summed E-state index contributed by atoms with van der Waals surface area (Å²) in [5.74, 6) is 1.04. The molecular weight excluding hydrogens is 314 g/mol. The molecule has 0 atom stereocenters. The van der Waals surface area contributed by atoms with Gasteiger partial charge in [0.2, 0.25) is 0 Å². The third-order valence-electron chi connectivity index (χ3n) is 3.85. The third kappa shape index (κ3) is 3.55. The van der Waals surface area contributed by atoms with Crippen LogP contribution in [0.25, 0.3) is 22.4 Å². The topological polar surface area (TPSA) is 57.0 Å². The maximum absolute atomic E-state index is 12.3. The Hall–Kier alpha value is -2.69. The molecule has 1 aromatic carbocycles. The van der Waals surface area contributed by atoms with Crippen molar-refractivity contribution in [3.05, 3.63) is 48.3 Å². The van der Waals surface area contributed by atoms with Crippen LogP contribution in [-0.2, 0) is 4.74 Å². The number of hydrogen-bond acceptors (Lipinski definition) is 4. The van der Waals surface area contributed by atoms with Crippen LogP contribution in [0.15, 0.2) is 42.7 Å². The average Bonchev–Trinajstić information content (AvgIpc) is 2.96. The predicted octanol–water partition coefficient (Wildman–Crippen LogP) is 5.00. The number of carbonyl (C=O) groups is 1. The highest BCUT2D eigenvalue weighted by molar-refractivity contribution is 5.87. The lowest BCUT2D eigenvalue weighted by molar-refractivity contribution is 0.0544. The zero-order valence-electron chi connectivity index (χ0n) is 15.3. The molecule has 25 heavy (non-hydrogen) atoms. The first-order valence-electron chi connectivity index (χ1n) is 8.43. The number of hydrogen-bond donors (Lipinski definition) is 0. The van der Waals surface area contributed by atoms with Gasteiger partial charge in [0.05, 0.1) is 17.2 Å². The van der Waals surface area contributed by atoms with Crippen molar-refractivity contribution >= 4 is 17.1 Å². The molecule has 5 heteroatoms. The largest absolute Gasteiger partial charge is 0.443 e. The smallest absolute Gasteiger partial charge is 0.419 e. The van der Waals surface area contributed by atoms with Crippen molar-refractivity contribution in [3.63, 3.8) is 0 Å². The molecule has 0 aliphatic carbocycles. The molecule has 0 radical (unpaired) electrons. The summed E-state index contributed by atoms with van der Waals surface area (Å²) in [6.45, 7) is 9.82. The van der Waals surface area contributed by atoms with Gasteiger partial charge in [-0.2, -0.15) is 0 Å². The molecule has 0 amide bonds. The fourth-order valence-electron chi connectivity index (χ4n) is 2.73. The SMILES string of the molecule is CC(C)c1ccccc1-c1ncc2c(ccn2C(=O)OC(C)(C)C)n1. The average molecular weight is 337 g/mol.